The molecule has 5 nitrogen and oxygen atoms in total. The molecule has 0 aliphatic carbocycles. The number of amides is 3. The van der Waals surface area contributed by atoms with Crippen LogP contribution < -0.4 is 5.32 Å². The van der Waals surface area contributed by atoms with E-state index in [1.54, 1.807) is 0 Å². The Kier molecular flexibility index (Phi) is 6.33. The number of likely N-dealkylation sites (tertiary alicyclic amines) is 1. The SMILES string of the molecule is CC.CC(=O)NC(=O)CN1CCCC1=O.[HH]. The summed E-state index contributed by atoms with van der Waals surface area (Å²) in [4.78, 5) is 34.0. The van der Waals surface area contributed by atoms with Gasteiger partial charge in [-0.3, -0.25) is 19.7 Å². The van der Waals surface area contributed by atoms with Crippen LogP contribution in [-0.2, 0) is 14.4 Å². The van der Waals surface area contributed by atoms with Gasteiger partial charge in [0.1, 0.15) is 0 Å². The van der Waals surface area contributed by atoms with Crippen molar-refractivity contribution < 1.29 is 15.8 Å². The van der Waals surface area contributed by atoms with Gasteiger partial charge in [0.25, 0.3) is 0 Å². The third kappa shape index (κ3) is 5.15. The van der Waals surface area contributed by atoms with Crippen molar-refractivity contribution >= 4 is 17.7 Å². The molecule has 5 heteroatoms. The van der Waals surface area contributed by atoms with E-state index >= 15 is 0 Å². The molecule has 1 N–H and O–H groups in total. The fraction of sp³-hybridized carbons (Fsp3) is 0.700. The Balaban J connectivity index is 0. The van der Waals surface area contributed by atoms with Gasteiger partial charge in [0, 0.05) is 21.3 Å². The molecule has 0 aromatic carbocycles. The van der Waals surface area contributed by atoms with Crippen LogP contribution in [0.4, 0.5) is 0 Å². The first kappa shape index (κ1) is 13.6. The van der Waals surface area contributed by atoms with Crippen LogP contribution in [0.1, 0.15) is 35.0 Å². The van der Waals surface area contributed by atoms with Gasteiger partial charge in [0.15, 0.2) is 0 Å². The van der Waals surface area contributed by atoms with E-state index in [9.17, 15) is 14.4 Å². The molecule has 3 amide bonds. The van der Waals surface area contributed by atoms with Crippen LogP contribution in [0.15, 0.2) is 0 Å². The lowest BCUT2D eigenvalue weighted by Gasteiger charge is -2.13. The molecule has 1 heterocycles. The standard InChI is InChI=1S/C8H12N2O3.C2H6.H2/c1-6(11)9-7(12)5-10-4-2-3-8(10)13;1-2;/h2-5H2,1H3,(H,9,11,12);1-2H3;1H. The predicted molar refractivity (Wildman–Crippen MR) is 58.1 cm³/mol. The fourth-order valence-corrected chi connectivity index (χ4v) is 1.28. The number of carbonyl (C=O) groups is 3. The van der Waals surface area contributed by atoms with Crippen molar-refractivity contribution in [1.82, 2.24) is 10.2 Å². The van der Waals surface area contributed by atoms with Crippen molar-refractivity contribution in [3.8, 4) is 0 Å². The summed E-state index contributed by atoms with van der Waals surface area (Å²) >= 11 is 0. The third-order valence-corrected chi connectivity index (χ3v) is 1.82. The molecule has 0 bridgehead atoms. The van der Waals surface area contributed by atoms with E-state index < -0.39 is 11.8 Å². The lowest BCUT2D eigenvalue weighted by atomic mass is 10.4. The number of nitrogens with zero attached hydrogens (tertiary/aromatic N) is 1. The molecule has 15 heavy (non-hydrogen) atoms. The van der Waals surface area contributed by atoms with Gasteiger partial charge >= 0.3 is 0 Å². The minimum atomic E-state index is -0.414. The van der Waals surface area contributed by atoms with Crippen LogP contribution >= 0.6 is 0 Å². The quantitative estimate of drug-likeness (QED) is 0.732. The van der Waals surface area contributed by atoms with E-state index in [2.05, 4.69) is 5.32 Å². The van der Waals surface area contributed by atoms with Crippen molar-refractivity contribution in [3.63, 3.8) is 0 Å². The molecule has 1 aliphatic rings. The van der Waals surface area contributed by atoms with Gasteiger partial charge in [-0.1, -0.05) is 13.8 Å². The second-order valence-electron chi connectivity index (χ2n) is 3.02. The van der Waals surface area contributed by atoms with Crippen molar-refractivity contribution in [2.24, 2.45) is 0 Å². The van der Waals surface area contributed by atoms with Crippen LogP contribution in [0.25, 0.3) is 0 Å². The van der Waals surface area contributed by atoms with E-state index in [0.717, 1.165) is 6.42 Å². The summed E-state index contributed by atoms with van der Waals surface area (Å²) in [5.74, 6) is -0.821. The van der Waals surface area contributed by atoms with Gasteiger partial charge in [-0.15, -0.1) is 0 Å². The minimum absolute atomic E-state index is 0. The van der Waals surface area contributed by atoms with Crippen LogP contribution in [0.2, 0.25) is 0 Å². The zero-order chi connectivity index (χ0) is 11.8. The molecule has 1 aliphatic heterocycles. The summed E-state index contributed by atoms with van der Waals surface area (Å²) in [5, 5.41) is 2.12. The zero-order valence-electron chi connectivity index (χ0n) is 9.50. The second kappa shape index (κ2) is 6.98. The molecule has 1 fully saturated rings. The van der Waals surface area contributed by atoms with Gasteiger partial charge in [0.2, 0.25) is 17.7 Å². The molecule has 0 aromatic heterocycles. The number of imide groups is 1. The smallest absolute Gasteiger partial charge is 0.246 e. The second-order valence-corrected chi connectivity index (χ2v) is 3.02. The highest BCUT2D eigenvalue weighted by Gasteiger charge is 2.22. The van der Waals surface area contributed by atoms with Gasteiger partial charge < -0.3 is 4.90 Å². The maximum Gasteiger partial charge on any atom is 0.246 e. The largest absolute Gasteiger partial charge is 0.333 e. The molecule has 88 valence electrons. The topological polar surface area (TPSA) is 66.5 Å². The average molecular weight is 216 g/mol. The molecule has 0 unspecified atom stereocenters. The molecular weight excluding hydrogens is 196 g/mol. The highest BCUT2D eigenvalue weighted by Crippen LogP contribution is 2.08. The molecule has 0 aromatic rings. The Morgan fingerprint density at radius 3 is 2.47 bits per heavy atom. The number of carbonyl (C=O) groups excluding carboxylic acids is 3. The van der Waals surface area contributed by atoms with E-state index in [0.29, 0.717) is 13.0 Å². The first-order valence-corrected chi connectivity index (χ1v) is 5.18. The number of hydrogen-bond acceptors (Lipinski definition) is 3. The van der Waals surface area contributed by atoms with Crippen LogP contribution in [0, 0.1) is 0 Å². The van der Waals surface area contributed by atoms with Gasteiger partial charge in [-0.25, -0.2) is 0 Å². The lowest BCUT2D eigenvalue weighted by molar-refractivity contribution is -0.135. The van der Waals surface area contributed by atoms with Gasteiger partial charge in [-0.05, 0) is 6.42 Å². The van der Waals surface area contributed by atoms with E-state index in [-0.39, 0.29) is 13.9 Å². The maximum absolute atomic E-state index is 11.1. The summed E-state index contributed by atoms with van der Waals surface area (Å²) in [6.07, 6.45) is 1.31. The van der Waals surface area contributed by atoms with Crippen molar-refractivity contribution in [2.45, 2.75) is 33.6 Å². The van der Waals surface area contributed by atoms with Crippen molar-refractivity contribution in [3.05, 3.63) is 0 Å². The van der Waals surface area contributed by atoms with E-state index in [1.165, 1.54) is 11.8 Å². The summed E-state index contributed by atoms with van der Waals surface area (Å²) in [5.41, 5.74) is 0. The molecule has 0 spiro atoms. The normalized spacial score (nSPS) is 14.3. The highest BCUT2D eigenvalue weighted by atomic mass is 16.2. The average Bonchev–Trinajstić information content (AvgIpc) is 2.54. The van der Waals surface area contributed by atoms with Crippen LogP contribution in [-0.4, -0.2) is 35.7 Å². The monoisotopic (exact) mass is 216 g/mol. The fourth-order valence-electron chi connectivity index (χ4n) is 1.28. The van der Waals surface area contributed by atoms with Crippen molar-refractivity contribution in [1.29, 1.82) is 0 Å². The van der Waals surface area contributed by atoms with Gasteiger partial charge in [-0.2, -0.15) is 0 Å². The minimum Gasteiger partial charge on any atom is -0.333 e. The highest BCUT2D eigenvalue weighted by molar-refractivity contribution is 5.96. The Bertz CT molecular complexity index is 256. The van der Waals surface area contributed by atoms with Crippen molar-refractivity contribution in [2.75, 3.05) is 13.1 Å². The van der Waals surface area contributed by atoms with Crippen LogP contribution in [0.5, 0.6) is 0 Å². The number of nitrogens with one attached hydrogen (secondary N) is 1. The van der Waals surface area contributed by atoms with E-state index in [1.807, 2.05) is 13.8 Å². The first-order valence-electron chi connectivity index (χ1n) is 5.18. The van der Waals surface area contributed by atoms with Crippen LogP contribution in [0.3, 0.4) is 0 Å². The molecule has 1 rings (SSSR count). The molecular formula is C10H20N2O3. The molecule has 0 saturated carbocycles. The summed E-state index contributed by atoms with van der Waals surface area (Å²) in [7, 11) is 0. The Morgan fingerprint density at radius 2 is 2.07 bits per heavy atom. The first-order chi connectivity index (χ1) is 7.09. The Hall–Kier alpha value is -1.39. The predicted octanol–water partition coefficient (Wildman–Crippen LogP) is 0.544. The summed E-state index contributed by atoms with van der Waals surface area (Å²) in [6.45, 7) is 5.88. The maximum atomic E-state index is 11.1. The summed E-state index contributed by atoms with van der Waals surface area (Å²) < 4.78 is 0. The zero-order valence-corrected chi connectivity index (χ0v) is 9.50. The molecule has 0 radical (unpaired) electrons. The number of hydrogen-bond donors (Lipinski definition) is 1. The summed E-state index contributed by atoms with van der Waals surface area (Å²) in [6, 6.07) is 0. The van der Waals surface area contributed by atoms with E-state index in [4.69, 9.17) is 0 Å². The lowest BCUT2D eigenvalue weighted by Crippen LogP contribution is -2.39. The Labute approximate surface area is 91.3 Å². The Morgan fingerprint density at radius 1 is 1.47 bits per heavy atom. The third-order valence-electron chi connectivity index (χ3n) is 1.82. The molecule has 1 saturated heterocycles. The number of rotatable bonds is 2. The molecule has 0 atom stereocenters. The van der Waals surface area contributed by atoms with Gasteiger partial charge in [0.05, 0.1) is 6.54 Å².